The molecule has 4 heterocycles. The molecule has 0 aliphatic rings. The van der Waals surface area contributed by atoms with Crippen molar-refractivity contribution in [2.75, 3.05) is 0 Å². The monoisotopic (exact) mass is 731 g/mol. The predicted molar refractivity (Wildman–Crippen MR) is 234 cm³/mol. The van der Waals surface area contributed by atoms with Gasteiger partial charge >= 0.3 is 0 Å². The van der Waals surface area contributed by atoms with E-state index in [1.165, 1.54) is 21.1 Å². The first-order valence-electron chi connectivity index (χ1n) is 18.8. The average Bonchev–Trinajstić information content (AvgIpc) is 3.74. The molecule has 10 aromatic rings. The van der Waals surface area contributed by atoms with Crippen LogP contribution in [0.5, 0.6) is 0 Å². The van der Waals surface area contributed by atoms with Crippen LogP contribution in [0, 0.1) is 0 Å². The van der Waals surface area contributed by atoms with Gasteiger partial charge in [0.1, 0.15) is 5.65 Å². The quantitative estimate of drug-likeness (QED) is 0.131. The number of para-hydroxylation sites is 4. The first kappa shape index (κ1) is 32.7. The van der Waals surface area contributed by atoms with Crippen LogP contribution in [-0.4, -0.2) is 40.1 Å². The average molecular weight is 732 g/mol. The molecule has 0 radical (unpaired) electrons. The summed E-state index contributed by atoms with van der Waals surface area (Å²) in [5.41, 5.74) is 10.3. The molecule has 0 saturated carbocycles. The second-order valence-corrected chi connectivity index (χ2v) is 26.8. The zero-order valence-electron chi connectivity index (χ0n) is 31.5. The van der Waals surface area contributed by atoms with Crippen molar-refractivity contribution in [3.8, 4) is 28.5 Å². The largest absolute Gasteiger partial charge is 0.292 e. The molecule has 0 bridgehead atoms. The molecule has 0 unspecified atom stereocenters. The van der Waals surface area contributed by atoms with Gasteiger partial charge in [-0.05, 0) is 36.4 Å². The number of fused-ring (bicyclic) bond motifs is 12. The maximum Gasteiger partial charge on any atom is 0.235 e. The molecule has 0 spiro atoms. The molecule has 0 fully saturated rings. The molecular weight excluding hydrogens is 691 g/mol. The Morgan fingerprint density at radius 3 is 1.57 bits per heavy atom. The van der Waals surface area contributed by atoms with E-state index in [1.807, 2.05) is 0 Å². The van der Waals surface area contributed by atoms with Crippen molar-refractivity contribution < 1.29 is 0 Å². The summed E-state index contributed by atoms with van der Waals surface area (Å²) >= 11 is 0. The third-order valence-corrected chi connectivity index (χ3v) is 15.2. The number of rotatable bonds is 5. The van der Waals surface area contributed by atoms with Crippen molar-refractivity contribution in [2.24, 2.45) is 0 Å². The molecular formula is C47H41N5Si2. The summed E-state index contributed by atoms with van der Waals surface area (Å²) in [7, 11) is -2.95. The zero-order chi connectivity index (χ0) is 36.9. The van der Waals surface area contributed by atoms with E-state index in [1.54, 1.807) is 0 Å². The van der Waals surface area contributed by atoms with Gasteiger partial charge in [0.2, 0.25) is 5.95 Å². The molecule has 6 aromatic carbocycles. The lowest BCUT2D eigenvalue weighted by atomic mass is 10.0. The van der Waals surface area contributed by atoms with E-state index in [0.29, 0.717) is 5.95 Å². The molecule has 0 aliphatic carbocycles. The van der Waals surface area contributed by atoms with Crippen LogP contribution in [0.25, 0.3) is 88.6 Å². The van der Waals surface area contributed by atoms with Crippen molar-refractivity contribution in [3.05, 3.63) is 140 Å². The van der Waals surface area contributed by atoms with Gasteiger partial charge in [0.15, 0.2) is 0 Å². The van der Waals surface area contributed by atoms with Crippen molar-refractivity contribution >= 4 is 86.7 Å². The van der Waals surface area contributed by atoms with E-state index in [0.717, 1.165) is 71.9 Å². The maximum absolute atomic E-state index is 5.45. The van der Waals surface area contributed by atoms with Gasteiger partial charge in [0.25, 0.3) is 0 Å². The van der Waals surface area contributed by atoms with Crippen LogP contribution in [0.4, 0.5) is 0 Å². The van der Waals surface area contributed by atoms with Gasteiger partial charge in [-0.1, -0.05) is 153 Å². The number of imidazole rings is 1. The van der Waals surface area contributed by atoms with E-state index in [9.17, 15) is 0 Å². The molecule has 262 valence electrons. The fraction of sp³-hybridized carbons (Fsp3) is 0.128. The second kappa shape index (κ2) is 11.8. The Morgan fingerprint density at radius 1 is 0.444 bits per heavy atom. The van der Waals surface area contributed by atoms with Gasteiger partial charge in [-0.2, -0.15) is 0 Å². The molecule has 0 atom stereocenters. The Bertz CT molecular complexity index is 3030. The normalized spacial score (nSPS) is 12.6. The Labute approximate surface area is 316 Å². The Balaban J connectivity index is 1.33. The Morgan fingerprint density at radius 2 is 0.963 bits per heavy atom. The lowest BCUT2D eigenvalue weighted by Gasteiger charge is -2.18. The highest BCUT2D eigenvalue weighted by molar-refractivity contribution is 6.89. The summed E-state index contributed by atoms with van der Waals surface area (Å²) in [6.07, 6.45) is 0. The molecule has 0 aliphatic heterocycles. The first-order chi connectivity index (χ1) is 26.0. The van der Waals surface area contributed by atoms with Crippen molar-refractivity contribution in [1.29, 1.82) is 0 Å². The second-order valence-electron chi connectivity index (χ2n) is 16.6. The lowest BCUT2D eigenvalue weighted by Crippen LogP contribution is -2.37. The molecule has 0 saturated heterocycles. The van der Waals surface area contributed by atoms with Crippen LogP contribution >= 0.6 is 0 Å². The number of nitrogens with zero attached hydrogens (tertiary/aromatic N) is 5. The van der Waals surface area contributed by atoms with Gasteiger partial charge in [-0.3, -0.25) is 8.97 Å². The summed E-state index contributed by atoms with van der Waals surface area (Å²) < 4.78 is 4.62. The first-order valence-corrected chi connectivity index (χ1v) is 25.8. The summed E-state index contributed by atoms with van der Waals surface area (Å²) in [6.45, 7) is 14.4. The molecule has 4 aromatic heterocycles. The number of pyridine rings is 1. The standard InChI is InChI=1S/C47H41N5Si2/c1-53(2,3)32-23-19-30(20-24-32)39-29-40(31-21-25-33(26-22-31)54(4,5)6)50-47(49-39)52-41-16-10-7-13-34(41)35-27-28-37-44(45(35)52)36-14-8-11-17-42(36)51-43-18-12-9-15-38(43)48-46(37)51/h7-29H,1-6H3. The lowest BCUT2D eigenvalue weighted by molar-refractivity contribution is 0.998. The minimum absolute atomic E-state index is 0.655. The fourth-order valence-corrected chi connectivity index (χ4v) is 10.5. The van der Waals surface area contributed by atoms with Gasteiger partial charge in [-0.15, -0.1) is 0 Å². The topological polar surface area (TPSA) is 48.0 Å². The van der Waals surface area contributed by atoms with Gasteiger partial charge < -0.3 is 0 Å². The molecule has 54 heavy (non-hydrogen) atoms. The Hall–Kier alpha value is -5.90. The van der Waals surface area contributed by atoms with Crippen molar-refractivity contribution in [2.45, 2.75) is 39.3 Å². The van der Waals surface area contributed by atoms with E-state index in [2.05, 4.69) is 188 Å². The number of aromatic nitrogens is 5. The van der Waals surface area contributed by atoms with Gasteiger partial charge in [-0.25, -0.2) is 15.0 Å². The van der Waals surface area contributed by atoms with Crippen LogP contribution in [0.2, 0.25) is 39.3 Å². The van der Waals surface area contributed by atoms with Crippen LogP contribution < -0.4 is 10.4 Å². The minimum atomic E-state index is -1.48. The molecule has 10 rings (SSSR count). The predicted octanol–water partition coefficient (Wildman–Crippen LogP) is 11.1. The van der Waals surface area contributed by atoms with Gasteiger partial charge in [0, 0.05) is 38.1 Å². The van der Waals surface area contributed by atoms with E-state index in [4.69, 9.17) is 15.0 Å². The number of benzene rings is 6. The van der Waals surface area contributed by atoms with Gasteiger partial charge in [0.05, 0.1) is 55.1 Å². The van der Waals surface area contributed by atoms with E-state index >= 15 is 0 Å². The minimum Gasteiger partial charge on any atom is -0.292 e. The van der Waals surface area contributed by atoms with Crippen molar-refractivity contribution in [3.63, 3.8) is 0 Å². The maximum atomic E-state index is 5.45. The third kappa shape index (κ3) is 5.06. The Kier molecular flexibility index (Phi) is 7.15. The highest BCUT2D eigenvalue weighted by Crippen LogP contribution is 2.41. The zero-order valence-corrected chi connectivity index (χ0v) is 33.5. The number of hydrogen-bond acceptors (Lipinski definition) is 3. The summed E-state index contributed by atoms with van der Waals surface area (Å²) in [4.78, 5) is 16.1. The molecule has 5 nitrogen and oxygen atoms in total. The highest BCUT2D eigenvalue weighted by atomic mass is 28.3. The molecule has 0 amide bonds. The molecule has 0 N–H and O–H groups in total. The van der Waals surface area contributed by atoms with E-state index in [-0.39, 0.29) is 0 Å². The van der Waals surface area contributed by atoms with Crippen LogP contribution in [-0.2, 0) is 0 Å². The third-order valence-electron chi connectivity index (χ3n) is 11.1. The summed E-state index contributed by atoms with van der Waals surface area (Å²) in [5, 5.41) is 8.61. The van der Waals surface area contributed by atoms with Crippen LogP contribution in [0.1, 0.15) is 0 Å². The fourth-order valence-electron chi connectivity index (χ4n) is 8.17. The van der Waals surface area contributed by atoms with Crippen LogP contribution in [0.3, 0.4) is 0 Å². The smallest absolute Gasteiger partial charge is 0.235 e. The van der Waals surface area contributed by atoms with E-state index < -0.39 is 16.1 Å². The number of hydrogen-bond donors (Lipinski definition) is 0. The summed E-state index contributed by atoms with van der Waals surface area (Å²) in [5.74, 6) is 0.655. The summed E-state index contributed by atoms with van der Waals surface area (Å²) in [6, 6.07) is 50.7. The van der Waals surface area contributed by atoms with Crippen LogP contribution in [0.15, 0.2) is 140 Å². The molecule has 7 heteroatoms. The van der Waals surface area contributed by atoms with Crippen molar-refractivity contribution in [1.82, 2.24) is 23.9 Å². The SMILES string of the molecule is C[Si](C)(C)c1ccc(-c2cc(-c3ccc([Si](C)(C)C)cc3)nc(-n3c4ccccc4c4ccc5c(c6ccccc6n6c7ccccc7nc56)c43)n2)cc1. The highest BCUT2D eigenvalue weighted by Gasteiger charge is 2.23.